The molecular weight excluding hydrogens is 228 g/mol. The van der Waals surface area contributed by atoms with E-state index in [2.05, 4.69) is 29.1 Å². The van der Waals surface area contributed by atoms with Crippen molar-refractivity contribution >= 4 is 11.6 Å². The minimum absolute atomic E-state index is 0.230. The second-order valence-electron chi connectivity index (χ2n) is 4.50. The summed E-state index contributed by atoms with van der Waals surface area (Å²) >= 11 is 0. The molecule has 1 aromatic rings. The molecule has 1 atom stereocenters. The molecule has 0 saturated carbocycles. The van der Waals surface area contributed by atoms with E-state index >= 15 is 0 Å². The zero-order valence-electron chi connectivity index (χ0n) is 11.3. The minimum atomic E-state index is 0.230. The van der Waals surface area contributed by atoms with E-state index in [0.717, 1.165) is 43.6 Å². The zero-order chi connectivity index (χ0) is 13.4. The summed E-state index contributed by atoms with van der Waals surface area (Å²) < 4.78 is 0. The van der Waals surface area contributed by atoms with Gasteiger partial charge in [-0.05, 0) is 18.8 Å². The number of aliphatic hydroxyl groups excluding tert-OH is 1. The molecule has 1 unspecified atom stereocenters. The first-order valence-electron chi connectivity index (χ1n) is 6.66. The lowest BCUT2D eigenvalue weighted by molar-refractivity contribution is 0.258. The Morgan fingerprint density at radius 1 is 1.39 bits per heavy atom. The number of nitrogens with two attached hydrogens (primary N) is 1. The number of nitrogen functional groups attached to an aromatic ring is 1. The largest absolute Gasteiger partial charge is 0.396 e. The van der Waals surface area contributed by atoms with Gasteiger partial charge < -0.3 is 16.2 Å². The number of hydrogen-bond acceptors (Lipinski definition) is 5. The van der Waals surface area contributed by atoms with Gasteiger partial charge in [0.15, 0.2) is 0 Å². The molecule has 102 valence electrons. The van der Waals surface area contributed by atoms with E-state index in [1.54, 1.807) is 0 Å². The number of nitrogens with zero attached hydrogens (tertiary/aromatic N) is 2. The molecule has 0 aliphatic carbocycles. The summed E-state index contributed by atoms with van der Waals surface area (Å²) in [4.78, 5) is 8.29. The first kappa shape index (κ1) is 14.7. The highest BCUT2D eigenvalue weighted by Crippen LogP contribution is 2.20. The maximum absolute atomic E-state index is 8.97. The van der Waals surface area contributed by atoms with Crippen molar-refractivity contribution in [2.45, 2.75) is 39.5 Å². The smallest absolute Gasteiger partial charge is 0.134 e. The Morgan fingerprint density at radius 3 is 2.78 bits per heavy atom. The molecule has 0 aromatic carbocycles. The summed E-state index contributed by atoms with van der Waals surface area (Å²) in [5, 5.41) is 12.3. The quantitative estimate of drug-likeness (QED) is 0.657. The highest BCUT2D eigenvalue weighted by Gasteiger charge is 2.10. The molecule has 0 aliphatic heterocycles. The second kappa shape index (κ2) is 7.87. The van der Waals surface area contributed by atoms with Gasteiger partial charge >= 0.3 is 0 Å². The van der Waals surface area contributed by atoms with Crippen LogP contribution in [0.15, 0.2) is 6.33 Å². The van der Waals surface area contributed by atoms with Gasteiger partial charge in [-0.25, -0.2) is 9.97 Å². The van der Waals surface area contributed by atoms with Crippen LogP contribution in [0.4, 0.5) is 11.6 Å². The number of hydrogen-bond donors (Lipinski definition) is 3. The van der Waals surface area contributed by atoms with E-state index in [9.17, 15) is 0 Å². The molecule has 5 heteroatoms. The lowest BCUT2D eigenvalue weighted by atomic mass is 10.0. The monoisotopic (exact) mass is 252 g/mol. The van der Waals surface area contributed by atoms with Crippen LogP contribution < -0.4 is 11.1 Å². The molecule has 0 saturated heterocycles. The molecule has 0 aliphatic rings. The van der Waals surface area contributed by atoms with Crippen molar-refractivity contribution in [1.82, 2.24) is 9.97 Å². The Balaban J connectivity index is 2.68. The molecule has 1 aromatic heterocycles. The Labute approximate surface area is 109 Å². The van der Waals surface area contributed by atoms with Gasteiger partial charge in [-0.15, -0.1) is 0 Å². The fourth-order valence-electron chi connectivity index (χ4n) is 1.95. The van der Waals surface area contributed by atoms with Crippen LogP contribution in [0.2, 0.25) is 0 Å². The molecule has 1 rings (SSSR count). The van der Waals surface area contributed by atoms with Crippen molar-refractivity contribution in [1.29, 1.82) is 0 Å². The number of rotatable bonds is 8. The number of nitrogens with one attached hydrogen (secondary N) is 1. The summed E-state index contributed by atoms with van der Waals surface area (Å²) in [6.45, 7) is 5.28. The average Bonchev–Trinajstić information content (AvgIpc) is 2.38. The molecule has 1 heterocycles. The fraction of sp³-hybridized carbons (Fsp3) is 0.692. The third-order valence-corrected chi connectivity index (χ3v) is 3.15. The highest BCUT2D eigenvalue weighted by molar-refractivity contribution is 5.54. The van der Waals surface area contributed by atoms with E-state index in [0.29, 0.717) is 11.7 Å². The topological polar surface area (TPSA) is 84.1 Å². The van der Waals surface area contributed by atoms with E-state index in [1.807, 2.05) is 0 Å². The second-order valence-corrected chi connectivity index (χ2v) is 4.50. The third-order valence-electron chi connectivity index (χ3n) is 3.15. The maximum Gasteiger partial charge on any atom is 0.134 e. The number of aromatic nitrogens is 2. The first-order valence-corrected chi connectivity index (χ1v) is 6.66. The summed E-state index contributed by atoms with van der Waals surface area (Å²) in [6.07, 6.45) is 5.24. The van der Waals surface area contributed by atoms with Crippen LogP contribution in [0.3, 0.4) is 0 Å². The average molecular weight is 252 g/mol. The maximum atomic E-state index is 8.97. The molecule has 5 nitrogen and oxygen atoms in total. The molecule has 0 bridgehead atoms. The van der Waals surface area contributed by atoms with Gasteiger partial charge in [0.05, 0.1) is 0 Å². The van der Waals surface area contributed by atoms with Crippen LogP contribution in [-0.4, -0.2) is 28.2 Å². The van der Waals surface area contributed by atoms with Crippen LogP contribution >= 0.6 is 0 Å². The van der Waals surface area contributed by atoms with Crippen molar-refractivity contribution in [3.05, 3.63) is 11.9 Å². The Bertz CT molecular complexity index is 357. The molecule has 4 N–H and O–H groups in total. The van der Waals surface area contributed by atoms with Crippen molar-refractivity contribution < 1.29 is 5.11 Å². The highest BCUT2D eigenvalue weighted by atomic mass is 16.3. The fourth-order valence-corrected chi connectivity index (χ4v) is 1.95. The summed E-state index contributed by atoms with van der Waals surface area (Å²) in [5.41, 5.74) is 6.87. The van der Waals surface area contributed by atoms with Gasteiger partial charge in [0.25, 0.3) is 0 Å². The molecule has 0 spiro atoms. The van der Waals surface area contributed by atoms with Gasteiger partial charge in [0.1, 0.15) is 18.0 Å². The van der Waals surface area contributed by atoms with Gasteiger partial charge in [-0.3, -0.25) is 0 Å². The lowest BCUT2D eigenvalue weighted by Crippen LogP contribution is -2.17. The van der Waals surface area contributed by atoms with E-state index in [-0.39, 0.29) is 6.61 Å². The predicted molar refractivity (Wildman–Crippen MR) is 74.4 cm³/mol. The van der Waals surface area contributed by atoms with Gasteiger partial charge in [0.2, 0.25) is 0 Å². The molecule has 0 radical (unpaired) electrons. The summed E-state index contributed by atoms with van der Waals surface area (Å²) in [7, 11) is 0. The lowest BCUT2D eigenvalue weighted by Gasteiger charge is -2.17. The number of anilines is 2. The van der Waals surface area contributed by atoms with E-state index in [4.69, 9.17) is 10.8 Å². The third kappa shape index (κ3) is 4.14. The van der Waals surface area contributed by atoms with Crippen LogP contribution in [0.25, 0.3) is 0 Å². The Morgan fingerprint density at radius 2 is 2.17 bits per heavy atom. The predicted octanol–water partition coefficient (Wildman–Crippen LogP) is 1.83. The van der Waals surface area contributed by atoms with Gasteiger partial charge in [-0.2, -0.15) is 0 Å². The van der Waals surface area contributed by atoms with E-state index < -0.39 is 0 Å². The molecule has 18 heavy (non-hydrogen) atoms. The molecular formula is C13H24N4O. The number of aliphatic hydroxyl groups is 1. The van der Waals surface area contributed by atoms with Crippen LogP contribution in [-0.2, 0) is 6.42 Å². The van der Waals surface area contributed by atoms with Crippen LogP contribution in [0.5, 0.6) is 0 Å². The van der Waals surface area contributed by atoms with Crippen molar-refractivity contribution in [3.63, 3.8) is 0 Å². The van der Waals surface area contributed by atoms with Crippen molar-refractivity contribution in [2.75, 3.05) is 24.2 Å². The minimum Gasteiger partial charge on any atom is -0.396 e. The summed E-state index contributed by atoms with van der Waals surface area (Å²) in [6, 6.07) is 0. The standard InChI is InChI=1S/C13H24N4O/c1-3-5-11-12(14)16-9-17-13(11)15-8-10(4-2)6-7-18/h9-10,18H,3-8H2,1-2H3,(H3,14,15,16,17). The Kier molecular flexibility index (Phi) is 6.43. The Hall–Kier alpha value is -1.36. The molecule has 0 fully saturated rings. The first-order chi connectivity index (χ1) is 8.72. The van der Waals surface area contributed by atoms with Gasteiger partial charge in [-0.1, -0.05) is 26.7 Å². The van der Waals surface area contributed by atoms with E-state index in [1.165, 1.54) is 6.33 Å². The van der Waals surface area contributed by atoms with Crippen LogP contribution in [0, 0.1) is 5.92 Å². The van der Waals surface area contributed by atoms with Crippen molar-refractivity contribution in [3.8, 4) is 0 Å². The summed E-state index contributed by atoms with van der Waals surface area (Å²) in [5.74, 6) is 1.85. The zero-order valence-corrected chi connectivity index (χ0v) is 11.3. The van der Waals surface area contributed by atoms with Crippen LogP contribution in [0.1, 0.15) is 38.7 Å². The molecule has 0 amide bonds. The normalized spacial score (nSPS) is 12.4. The van der Waals surface area contributed by atoms with Crippen molar-refractivity contribution in [2.24, 2.45) is 5.92 Å². The van der Waals surface area contributed by atoms with Gasteiger partial charge in [0, 0.05) is 18.7 Å². The SMILES string of the molecule is CCCc1c(N)ncnc1NCC(CC)CCO.